The summed E-state index contributed by atoms with van der Waals surface area (Å²) in [6.07, 6.45) is 3.99. The van der Waals surface area contributed by atoms with Gasteiger partial charge in [-0.25, -0.2) is 4.98 Å². The first-order valence-electron chi connectivity index (χ1n) is 8.60. The SMILES string of the molecule is Cc1ccc(N2CCN(C(=O)CC(C)n3ccnc3C)CC2=O)cc1. The van der Waals surface area contributed by atoms with Crippen LogP contribution in [0.25, 0.3) is 0 Å². The molecule has 1 aromatic carbocycles. The molecule has 1 aliphatic rings. The number of hydrogen-bond acceptors (Lipinski definition) is 3. The molecule has 1 fully saturated rings. The number of carbonyl (C=O) groups is 2. The van der Waals surface area contributed by atoms with Gasteiger partial charge in [-0.2, -0.15) is 0 Å². The Morgan fingerprint density at radius 1 is 1.20 bits per heavy atom. The molecule has 2 aromatic rings. The molecule has 6 heteroatoms. The summed E-state index contributed by atoms with van der Waals surface area (Å²) in [5, 5.41) is 0. The molecule has 132 valence electrons. The van der Waals surface area contributed by atoms with Crippen molar-refractivity contribution < 1.29 is 9.59 Å². The van der Waals surface area contributed by atoms with Gasteiger partial charge in [0, 0.05) is 43.6 Å². The fourth-order valence-corrected chi connectivity index (χ4v) is 3.22. The van der Waals surface area contributed by atoms with Crippen molar-refractivity contribution in [2.24, 2.45) is 0 Å². The number of aromatic nitrogens is 2. The van der Waals surface area contributed by atoms with Gasteiger partial charge >= 0.3 is 0 Å². The molecular formula is C19H24N4O2. The monoisotopic (exact) mass is 340 g/mol. The van der Waals surface area contributed by atoms with E-state index in [2.05, 4.69) is 4.98 Å². The van der Waals surface area contributed by atoms with Gasteiger partial charge in [0.2, 0.25) is 11.8 Å². The van der Waals surface area contributed by atoms with Gasteiger partial charge in [0.25, 0.3) is 0 Å². The minimum atomic E-state index is -0.0325. The van der Waals surface area contributed by atoms with Crippen molar-refractivity contribution >= 4 is 17.5 Å². The van der Waals surface area contributed by atoms with Crippen LogP contribution in [0.4, 0.5) is 5.69 Å². The zero-order valence-corrected chi connectivity index (χ0v) is 15.0. The molecule has 6 nitrogen and oxygen atoms in total. The molecule has 0 N–H and O–H groups in total. The summed E-state index contributed by atoms with van der Waals surface area (Å²) in [7, 11) is 0. The van der Waals surface area contributed by atoms with Crippen LogP contribution in [0.1, 0.15) is 30.8 Å². The summed E-state index contributed by atoms with van der Waals surface area (Å²) in [4.78, 5) is 32.7. The molecule has 1 aliphatic heterocycles. The van der Waals surface area contributed by atoms with Gasteiger partial charge in [-0.05, 0) is 32.9 Å². The lowest BCUT2D eigenvalue weighted by Crippen LogP contribution is -2.52. The summed E-state index contributed by atoms with van der Waals surface area (Å²) in [6, 6.07) is 7.92. The lowest BCUT2D eigenvalue weighted by atomic mass is 10.1. The maximum atomic E-state index is 12.6. The number of imidazole rings is 1. The first-order valence-corrected chi connectivity index (χ1v) is 8.60. The number of anilines is 1. The van der Waals surface area contributed by atoms with Crippen molar-refractivity contribution in [3.63, 3.8) is 0 Å². The summed E-state index contributed by atoms with van der Waals surface area (Å²) in [5.74, 6) is 0.869. The molecule has 3 rings (SSSR count). The van der Waals surface area contributed by atoms with E-state index in [0.29, 0.717) is 19.5 Å². The Labute approximate surface area is 148 Å². The number of benzene rings is 1. The van der Waals surface area contributed by atoms with E-state index in [9.17, 15) is 9.59 Å². The second kappa shape index (κ2) is 7.09. The number of nitrogens with zero attached hydrogens (tertiary/aromatic N) is 4. The van der Waals surface area contributed by atoms with E-state index in [1.165, 1.54) is 0 Å². The van der Waals surface area contributed by atoms with Crippen LogP contribution in [0.5, 0.6) is 0 Å². The first kappa shape index (κ1) is 17.2. The summed E-state index contributed by atoms with van der Waals surface area (Å²) in [6.45, 7) is 7.18. The molecule has 25 heavy (non-hydrogen) atoms. The molecule has 1 unspecified atom stereocenters. The van der Waals surface area contributed by atoms with E-state index in [-0.39, 0.29) is 24.4 Å². The molecule has 0 spiro atoms. The maximum absolute atomic E-state index is 12.6. The second-order valence-electron chi connectivity index (χ2n) is 6.63. The van der Waals surface area contributed by atoms with Gasteiger partial charge in [-0.15, -0.1) is 0 Å². The van der Waals surface area contributed by atoms with Crippen LogP contribution in [0, 0.1) is 13.8 Å². The van der Waals surface area contributed by atoms with Crippen LogP contribution < -0.4 is 4.90 Å². The number of carbonyl (C=O) groups excluding carboxylic acids is 2. The van der Waals surface area contributed by atoms with E-state index in [1.54, 1.807) is 16.0 Å². The van der Waals surface area contributed by atoms with Gasteiger partial charge in [0.15, 0.2) is 0 Å². The van der Waals surface area contributed by atoms with Gasteiger partial charge in [0.1, 0.15) is 12.4 Å². The first-order chi connectivity index (χ1) is 12.0. The molecule has 0 radical (unpaired) electrons. The highest BCUT2D eigenvalue weighted by Crippen LogP contribution is 2.20. The van der Waals surface area contributed by atoms with Crippen molar-refractivity contribution in [3.05, 3.63) is 48.0 Å². The maximum Gasteiger partial charge on any atom is 0.246 e. The van der Waals surface area contributed by atoms with Crippen LogP contribution in [0.15, 0.2) is 36.7 Å². The summed E-state index contributed by atoms with van der Waals surface area (Å²) < 4.78 is 1.99. The van der Waals surface area contributed by atoms with E-state index in [4.69, 9.17) is 0 Å². The average molecular weight is 340 g/mol. The molecule has 2 heterocycles. The molecule has 0 aliphatic carbocycles. The third-order valence-electron chi connectivity index (χ3n) is 4.73. The Bertz CT molecular complexity index is 766. The molecule has 1 aromatic heterocycles. The zero-order chi connectivity index (χ0) is 18.0. The molecule has 1 atom stereocenters. The van der Waals surface area contributed by atoms with Crippen molar-refractivity contribution in [3.8, 4) is 0 Å². The van der Waals surface area contributed by atoms with Crippen LogP contribution in [0.2, 0.25) is 0 Å². The van der Waals surface area contributed by atoms with Gasteiger partial charge in [-0.3, -0.25) is 9.59 Å². The van der Waals surface area contributed by atoms with Crippen molar-refractivity contribution in [1.82, 2.24) is 14.5 Å². The highest BCUT2D eigenvalue weighted by Gasteiger charge is 2.28. The lowest BCUT2D eigenvalue weighted by molar-refractivity contribution is -0.137. The van der Waals surface area contributed by atoms with Gasteiger partial charge < -0.3 is 14.4 Å². The third kappa shape index (κ3) is 3.73. The summed E-state index contributed by atoms with van der Waals surface area (Å²) in [5.41, 5.74) is 2.05. The van der Waals surface area contributed by atoms with Crippen molar-refractivity contribution in [2.75, 3.05) is 24.5 Å². The number of amides is 2. The van der Waals surface area contributed by atoms with E-state index < -0.39 is 0 Å². The quantitative estimate of drug-likeness (QED) is 0.858. The van der Waals surface area contributed by atoms with E-state index in [0.717, 1.165) is 17.1 Å². The normalized spacial score (nSPS) is 16.2. The molecule has 1 saturated heterocycles. The Kier molecular flexibility index (Phi) is 4.88. The van der Waals surface area contributed by atoms with Crippen molar-refractivity contribution in [2.45, 2.75) is 33.2 Å². The number of piperazine rings is 1. The average Bonchev–Trinajstić information content (AvgIpc) is 3.02. The van der Waals surface area contributed by atoms with Crippen LogP contribution >= 0.6 is 0 Å². The highest BCUT2D eigenvalue weighted by atomic mass is 16.2. The van der Waals surface area contributed by atoms with Crippen LogP contribution in [0.3, 0.4) is 0 Å². The zero-order valence-electron chi connectivity index (χ0n) is 15.0. The standard InChI is InChI=1S/C19H24N4O2/c1-14-4-6-17(7-5-14)23-11-10-21(13-19(23)25)18(24)12-15(2)22-9-8-20-16(22)3/h4-9,15H,10-13H2,1-3H3. The van der Waals surface area contributed by atoms with Crippen molar-refractivity contribution in [1.29, 1.82) is 0 Å². The second-order valence-corrected chi connectivity index (χ2v) is 6.63. The number of aryl methyl sites for hydroxylation is 2. The van der Waals surface area contributed by atoms with Gasteiger partial charge in [-0.1, -0.05) is 17.7 Å². The fraction of sp³-hybridized carbons (Fsp3) is 0.421. The number of hydrogen-bond donors (Lipinski definition) is 0. The third-order valence-corrected chi connectivity index (χ3v) is 4.73. The Morgan fingerprint density at radius 2 is 1.92 bits per heavy atom. The lowest BCUT2D eigenvalue weighted by Gasteiger charge is -2.35. The Morgan fingerprint density at radius 3 is 2.52 bits per heavy atom. The largest absolute Gasteiger partial charge is 0.332 e. The predicted octanol–water partition coefficient (Wildman–Crippen LogP) is 2.33. The minimum absolute atomic E-state index is 0.0116. The smallest absolute Gasteiger partial charge is 0.246 e. The molecule has 2 amide bonds. The van der Waals surface area contributed by atoms with Crippen LogP contribution in [-0.2, 0) is 9.59 Å². The topological polar surface area (TPSA) is 58.4 Å². The summed E-state index contributed by atoms with van der Waals surface area (Å²) >= 11 is 0. The Hall–Kier alpha value is -2.63. The van der Waals surface area contributed by atoms with Gasteiger partial charge in [0.05, 0.1) is 0 Å². The van der Waals surface area contributed by atoms with E-state index in [1.807, 2.05) is 55.8 Å². The highest BCUT2D eigenvalue weighted by molar-refractivity contribution is 5.97. The minimum Gasteiger partial charge on any atom is -0.332 e. The Balaban J connectivity index is 1.60. The molecule has 0 bridgehead atoms. The molecule has 0 saturated carbocycles. The molecular weight excluding hydrogens is 316 g/mol. The fourth-order valence-electron chi connectivity index (χ4n) is 3.22. The van der Waals surface area contributed by atoms with Crippen LogP contribution in [-0.4, -0.2) is 45.9 Å². The predicted molar refractivity (Wildman–Crippen MR) is 96.4 cm³/mol. The number of rotatable bonds is 4. The van der Waals surface area contributed by atoms with E-state index >= 15 is 0 Å².